The van der Waals surface area contributed by atoms with E-state index in [1.807, 2.05) is 0 Å². The van der Waals surface area contributed by atoms with Gasteiger partial charge in [-0.2, -0.15) is 0 Å². The number of nitrogens with one attached hydrogen (secondary N) is 3. The van der Waals surface area contributed by atoms with Gasteiger partial charge in [0.2, 0.25) is 5.91 Å². The van der Waals surface area contributed by atoms with Crippen LogP contribution < -0.4 is 16.0 Å². The number of benzene rings is 2. The van der Waals surface area contributed by atoms with Gasteiger partial charge in [-0.25, -0.2) is 9.37 Å². The van der Waals surface area contributed by atoms with Gasteiger partial charge in [-0.1, -0.05) is 12.1 Å². The third kappa shape index (κ3) is 5.46. The van der Waals surface area contributed by atoms with Gasteiger partial charge in [-0.05, 0) is 54.6 Å². The van der Waals surface area contributed by atoms with Crippen LogP contribution in [0.15, 0.2) is 66.7 Å². The first-order chi connectivity index (χ1) is 13.9. The number of hydrogen-bond acceptors (Lipinski definition) is 4. The number of pyridine rings is 1. The predicted octanol–water partition coefficient (Wildman–Crippen LogP) is 3.68. The summed E-state index contributed by atoms with van der Waals surface area (Å²) in [6.07, 6.45) is 0. The number of nitrogens with zero attached hydrogens (tertiary/aromatic N) is 1. The Kier molecular flexibility index (Phi) is 5.94. The van der Waals surface area contributed by atoms with E-state index in [2.05, 4.69) is 20.9 Å². The number of aromatic nitrogens is 1. The molecule has 0 saturated heterocycles. The Balaban J connectivity index is 1.71. The molecule has 8 heteroatoms. The first-order valence-electron chi connectivity index (χ1n) is 8.64. The number of anilines is 3. The Labute approximate surface area is 166 Å². The maximum atomic E-state index is 13.0. The zero-order valence-electron chi connectivity index (χ0n) is 15.4. The largest absolute Gasteiger partial charge is 0.326 e. The summed E-state index contributed by atoms with van der Waals surface area (Å²) in [5.74, 6) is -1.68. The molecule has 1 heterocycles. The molecule has 0 atom stereocenters. The summed E-state index contributed by atoms with van der Waals surface area (Å²) in [6, 6.07) is 16.4. The number of carbonyl (C=O) groups excluding carboxylic acids is 3. The number of hydrogen-bond donors (Lipinski definition) is 3. The fourth-order valence-electron chi connectivity index (χ4n) is 2.49. The van der Waals surface area contributed by atoms with Crippen molar-refractivity contribution in [1.82, 2.24) is 4.98 Å². The Bertz CT molecular complexity index is 1070. The topological polar surface area (TPSA) is 100 Å². The van der Waals surface area contributed by atoms with Gasteiger partial charge in [0.25, 0.3) is 11.8 Å². The molecule has 0 saturated carbocycles. The van der Waals surface area contributed by atoms with Gasteiger partial charge >= 0.3 is 0 Å². The van der Waals surface area contributed by atoms with E-state index in [1.165, 1.54) is 49.4 Å². The van der Waals surface area contributed by atoms with E-state index in [0.717, 1.165) is 0 Å². The molecule has 0 bridgehead atoms. The van der Waals surface area contributed by atoms with Crippen LogP contribution in [-0.2, 0) is 4.79 Å². The molecule has 0 aliphatic heterocycles. The molecule has 0 spiro atoms. The monoisotopic (exact) mass is 392 g/mol. The minimum absolute atomic E-state index is 0.0361. The zero-order chi connectivity index (χ0) is 20.8. The van der Waals surface area contributed by atoms with Crippen LogP contribution in [0.2, 0.25) is 0 Å². The molecule has 2 aromatic carbocycles. The second-order valence-corrected chi connectivity index (χ2v) is 6.09. The van der Waals surface area contributed by atoms with Crippen molar-refractivity contribution >= 4 is 34.8 Å². The quantitative estimate of drug-likeness (QED) is 0.617. The minimum Gasteiger partial charge on any atom is -0.326 e. The molecule has 0 unspecified atom stereocenters. The van der Waals surface area contributed by atoms with Crippen LogP contribution in [0.3, 0.4) is 0 Å². The third-order valence-electron chi connectivity index (χ3n) is 3.76. The number of carbonyl (C=O) groups is 3. The van der Waals surface area contributed by atoms with Crippen molar-refractivity contribution in [3.05, 3.63) is 83.9 Å². The predicted molar refractivity (Wildman–Crippen MR) is 107 cm³/mol. The van der Waals surface area contributed by atoms with Crippen LogP contribution in [-0.4, -0.2) is 22.7 Å². The van der Waals surface area contributed by atoms with Gasteiger partial charge in [0.05, 0.1) is 0 Å². The smallest absolute Gasteiger partial charge is 0.274 e. The molecule has 3 rings (SSSR count). The fourth-order valence-corrected chi connectivity index (χ4v) is 2.49. The number of amides is 3. The zero-order valence-corrected chi connectivity index (χ0v) is 15.4. The molecular formula is C21H17FN4O3. The molecule has 0 aliphatic carbocycles. The molecule has 1 aromatic heterocycles. The lowest BCUT2D eigenvalue weighted by Crippen LogP contribution is -2.18. The van der Waals surface area contributed by atoms with Crippen molar-refractivity contribution in [3.8, 4) is 0 Å². The average molecular weight is 392 g/mol. The second kappa shape index (κ2) is 8.75. The lowest BCUT2D eigenvalue weighted by molar-refractivity contribution is -0.114. The first kappa shape index (κ1) is 19.7. The minimum atomic E-state index is -0.529. The van der Waals surface area contributed by atoms with E-state index in [1.54, 1.807) is 24.3 Å². The molecule has 0 aliphatic rings. The van der Waals surface area contributed by atoms with E-state index in [9.17, 15) is 18.8 Å². The SMILES string of the molecule is CC(=O)Nc1cccc(NC(=O)c2cccc(C(=O)Nc3ccc(F)cc3)n2)c1. The number of rotatable bonds is 5. The van der Waals surface area contributed by atoms with E-state index >= 15 is 0 Å². The summed E-state index contributed by atoms with van der Waals surface area (Å²) in [4.78, 5) is 40.1. The fraction of sp³-hybridized carbons (Fsp3) is 0.0476. The summed E-state index contributed by atoms with van der Waals surface area (Å²) in [5, 5.41) is 7.88. The van der Waals surface area contributed by atoms with Crippen LogP contribution >= 0.6 is 0 Å². The standard InChI is InChI=1S/C21H17FN4O3/c1-13(27)23-16-4-2-5-17(12-16)25-21(29)19-7-3-6-18(26-19)20(28)24-15-10-8-14(22)9-11-15/h2-12H,1H3,(H,23,27)(H,24,28)(H,25,29). The maximum Gasteiger partial charge on any atom is 0.274 e. The Morgan fingerprint density at radius 2 is 1.24 bits per heavy atom. The van der Waals surface area contributed by atoms with Crippen molar-refractivity contribution in [2.45, 2.75) is 6.92 Å². The highest BCUT2D eigenvalue weighted by molar-refractivity contribution is 6.06. The normalized spacial score (nSPS) is 10.1. The van der Waals surface area contributed by atoms with Crippen molar-refractivity contribution in [2.75, 3.05) is 16.0 Å². The second-order valence-electron chi connectivity index (χ2n) is 6.09. The summed E-state index contributed by atoms with van der Waals surface area (Å²) < 4.78 is 13.0. The summed E-state index contributed by atoms with van der Waals surface area (Å²) in [5.41, 5.74) is 1.48. The lowest BCUT2D eigenvalue weighted by Gasteiger charge is -2.09. The molecule has 146 valence electrons. The van der Waals surface area contributed by atoms with Gasteiger partial charge in [0, 0.05) is 24.0 Å². The highest BCUT2D eigenvalue weighted by Crippen LogP contribution is 2.16. The molecule has 0 fully saturated rings. The highest BCUT2D eigenvalue weighted by atomic mass is 19.1. The van der Waals surface area contributed by atoms with Crippen molar-refractivity contribution in [3.63, 3.8) is 0 Å². The molecule has 7 nitrogen and oxygen atoms in total. The van der Waals surface area contributed by atoms with Gasteiger partial charge in [-0.3, -0.25) is 14.4 Å². The summed E-state index contributed by atoms with van der Waals surface area (Å²) in [6.45, 7) is 1.39. The Morgan fingerprint density at radius 1 is 0.724 bits per heavy atom. The van der Waals surface area contributed by atoms with E-state index in [4.69, 9.17) is 0 Å². The average Bonchev–Trinajstić information content (AvgIpc) is 2.69. The maximum absolute atomic E-state index is 13.0. The van der Waals surface area contributed by atoms with Crippen LogP contribution in [0.4, 0.5) is 21.5 Å². The lowest BCUT2D eigenvalue weighted by atomic mass is 10.2. The van der Waals surface area contributed by atoms with E-state index < -0.39 is 17.6 Å². The van der Waals surface area contributed by atoms with E-state index in [-0.39, 0.29) is 17.3 Å². The molecule has 3 N–H and O–H groups in total. The molecule has 3 amide bonds. The van der Waals surface area contributed by atoms with Gasteiger partial charge in [-0.15, -0.1) is 0 Å². The first-order valence-corrected chi connectivity index (χ1v) is 8.64. The van der Waals surface area contributed by atoms with Gasteiger partial charge in [0.15, 0.2) is 0 Å². The summed E-state index contributed by atoms with van der Waals surface area (Å²) in [7, 11) is 0. The molecule has 0 radical (unpaired) electrons. The van der Waals surface area contributed by atoms with E-state index in [0.29, 0.717) is 17.1 Å². The highest BCUT2D eigenvalue weighted by Gasteiger charge is 2.13. The third-order valence-corrected chi connectivity index (χ3v) is 3.76. The van der Waals surface area contributed by atoms with Crippen LogP contribution in [0, 0.1) is 5.82 Å². The number of halogens is 1. The van der Waals surface area contributed by atoms with Gasteiger partial charge in [0.1, 0.15) is 17.2 Å². The molecule has 3 aromatic rings. The molecular weight excluding hydrogens is 375 g/mol. The van der Waals surface area contributed by atoms with Crippen molar-refractivity contribution in [1.29, 1.82) is 0 Å². The van der Waals surface area contributed by atoms with Crippen LogP contribution in [0.25, 0.3) is 0 Å². The van der Waals surface area contributed by atoms with Crippen LogP contribution in [0.5, 0.6) is 0 Å². The molecule has 29 heavy (non-hydrogen) atoms. The van der Waals surface area contributed by atoms with Crippen molar-refractivity contribution < 1.29 is 18.8 Å². The summed E-state index contributed by atoms with van der Waals surface area (Å²) >= 11 is 0. The Morgan fingerprint density at radius 3 is 1.83 bits per heavy atom. The van der Waals surface area contributed by atoms with Crippen LogP contribution in [0.1, 0.15) is 27.9 Å². The van der Waals surface area contributed by atoms with Gasteiger partial charge < -0.3 is 16.0 Å². The Hall–Kier alpha value is -4.07. The van der Waals surface area contributed by atoms with Crippen molar-refractivity contribution in [2.24, 2.45) is 0 Å².